The van der Waals surface area contributed by atoms with Gasteiger partial charge >= 0.3 is 0 Å². The Balaban J connectivity index is 2.19. The van der Waals surface area contributed by atoms with Crippen LogP contribution in [0.4, 0.5) is 0 Å². The van der Waals surface area contributed by atoms with Crippen molar-refractivity contribution in [2.45, 2.75) is 39.3 Å². The minimum absolute atomic E-state index is 1.18. The van der Waals surface area contributed by atoms with E-state index >= 15 is 0 Å². The van der Waals surface area contributed by atoms with Crippen molar-refractivity contribution in [1.82, 2.24) is 0 Å². The summed E-state index contributed by atoms with van der Waals surface area (Å²) in [6.07, 6.45) is 0. The van der Waals surface area contributed by atoms with Crippen LogP contribution in [0.15, 0.2) is 24.3 Å². The summed E-state index contributed by atoms with van der Waals surface area (Å²) in [6.45, 7) is 14.3. The Morgan fingerprint density at radius 2 is 1.00 bits per heavy atom. The van der Waals surface area contributed by atoms with E-state index in [1.54, 1.807) is 0 Å². The van der Waals surface area contributed by atoms with Gasteiger partial charge in [0.2, 0.25) is 0 Å². The summed E-state index contributed by atoms with van der Waals surface area (Å²) < 4.78 is 3.08. The van der Waals surface area contributed by atoms with Gasteiger partial charge in [-0.1, -0.05) is 51.4 Å². The van der Waals surface area contributed by atoms with Crippen molar-refractivity contribution in [3.05, 3.63) is 34.0 Å². The van der Waals surface area contributed by atoms with E-state index in [1.165, 1.54) is 18.8 Å². The molecule has 0 atom stereocenters. The molecule has 2 rings (SSSR count). The van der Waals surface area contributed by atoms with E-state index in [2.05, 4.69) is 75.4 Å². The van der Waals surface area contributed by atoms with Crippen molar-refractivity contribution in [1.29, 1.82) is 0 Å². The zero-order valence-corrected chi connectivity index (χ0v) is 16.8. The minimum Gasteiger partial charge on any atom is -0.136 e. The van der Waals surface area contributed by atoms with Gasteiger partial charge in [-0.3, -0.25) is 0 Å². The molecule has 0 bridgehead atoms. The van der Waals surface area contributed by atoms with Crippen LogP contribution in [0.25, 0.3) is 0 Å². The molecule has 2 aromatic heterocycles. The highest BCUT2D eigenvalue weighted by Gasteiger charge is 2.19. The molecule has 0 nitrogen and oxygen atoms in total. The van der Waals surface area contributed by atoms with Gasteiger partial charge in [-0.25, -0.2) is 0 Å². The van der Waals surface area contributed by atoms with E-state index in [0.717, 1.165) is 0 Å². The molecular weight excluding hydrogens is 312 g/mol. The maximum atomic E-state index is 3.33. The number of thiophene rings is 2. The molecule has 0 aliphatic heterocycles. The van der Waals surface area contributed by atoms with Gasteiger partial charge in [0.25, 0.3) is 0 Å². The summed E-state index contributed by atoms with van der Waals surface area (Å²) in [5.41, 5.74) is 0. The van der Waals surface area contributed by atoms with Gasteiger partial charge in [0.05, 0.1) is 25.9 Å². The molecule has 0 aliphatic carbocycles. The van der Waals surface area contributed by atoms with E-state index in [4.69, 9.17) is 0 Å². The first-order valence-electron chi connectivity index (χ1n) is 6.89. The van der Waals surface area contributed by atoms with Crippen LogP contribution in [0, 0.1) is 11.8 Å². The molecule has 0 fully saturated rings. The van der Waals surface area contributed by atoms with Crippen LogP contribution in [0.3, 0.4) is 0 Å². The van der Waals surface area contributed by atoms with E-state index in [9.17, 15) is 0 Å². The SMILES string of the molecule is C[Si](C)(C)c1ccc(C#Cc2ccc([Si](C)(C)C)s2)s1. The second-order valence-electron chi connectivity index (χ2n) is 7.08. The van der Waals surface area contributed by atoms with Gasteiger partial charge in [-0.15, -0.1) is 22.7 Å². The second kappa shape index (κ2) is 5.65. The smallest absolute Gasteiger partial charge is 0.0904 e. The summed E-state index contributed by atoms with van der Waals surface area (Å²) >= 11 is 3.75. The Bertz CT molecular complexity index is 599. The molecule has 20 heavy (non-hydrogen) atoms. The third-order valence-corrected chi connectivity index (χ3v) is 12.2. The first-order valence-corrected chi connectivity index (χ1v) is 15.5. The lowest BCUT2D eigenvalue weighted by Gasteiger charge is -2.11. The Morgan fingerprint density at radius 1 is 0.650 bits per heavy atom. The Kier molecular flexibility index (Phi) is 4.45. The average Bonchev–Trinajstić information content (AvgIpc) is 2.94. The zero-order chi connectivity index (χ0) is 15.0. The molecule has 0 aromatic carbocycles. The molecule has 0 radical (unpaired) electrons. The van der Waals surface area contributed by atoms with Crippen molar-refractivity contribution in [3.63, 3.8) is 0 Å². The van der Waals surface area contributed by atoms with E-state index in [0.29, 0.717) is 0 Å². The van der Waals surface area contributed by atoms with Crippen molar-refractivity contribution < 1.29 is 0 Å². The van der Waals surface area contributed by atoms with E-state index < -0.39 is 16.1 Å². The predicted molar refractivity (Wildman–Crippen MR) is 101 cm³/mol. The van der Waals surface area contributed by atoms with Gasteiger partial charge in [0.15, 0.2) is 0 Å². The third-order valence-electron chi connectivity index (χ3n) is 3.00. The first kappa shape index (κ1) is 15.8. The summed E-state index contributed by atoms with van der Waals surface area (Å²) in [7, 11) is -2.37. The highest BCUT2D eigenvalue weighted by molar-refractivity contribution is 7.27. The number of hydrogen-bond donors (Lipinski definition) is 0. The largest absolute Gasteiger partial charge is 0.136 e. The minimum atomic E-state index is -1.18. The van der Waals surface area contributed by atoms with Gasteiger partial charge in [-0.2, -0.15) is 0 Å². The Morgan fingerprint density at radius 3 is 1.25 bits per heavy atom. The van der Waals surface area contributed by atoms with Crippen molar-refractivity contribution in [2.75, 3.05) is 0 Å². The fraction of sp³-hybridized carbons (Fsp3) is 0.375. The molecule has 0 N–H and O–H groups in total. The zero-order valence-electron chi connectivity index (χ0n) is 13.1. The maximum Gasteiger partial charge on any atom is 0.0904 e. The summed E-state index contributed by atoms with van der Waals surface area (Å²) in [6, 6.07) is 8.89. The van der Waals surface area contributed by atoms with Crippen molar-refractivity contribution in [3.8, 4) is 11.8 Å². The van der Waals surface area contributed by atoms with Crippen LogP contribution in [0.2, 0.25) is 39.3 Å². The summed E-state index contributed by atoms with van der Waals surface area (Å²) in [4.78, 5) is 2.40. The highest BCUT2D eigenvalue weighted by atomic mass is 32.1. The topological polar surface area (TPSA) is 0 Å². The van der Waals surface area contributed by atoms with E-state index in [1.807, 2.05) is 22.7 Å². The lowest BCUT2D eigenvalue weighted by Crippen LogP contribution is -2.34. The lowest BCUT2D eigenvalue weighted by atomic mass is 10.4. The van der Waals surface area contributed by atoms with Crippen LogP contribution in [-0.4, -0.2) is 16.1 Å². The standard InChI is InChI=1S/C16H22S2Si2/c1-19(2,3)15-11-9-13(17-15)7-8-14-10-12-16(18-14)20(4,5)6/h9-12H,1-6H3. The molecule has 4 heteroatoms. The highest BCUT2D eigenvalue weighted by Crippen LogP contribution is 2.14. The van der Waals surface area contributed by atoms with Crippen molar-refractivity contribution in [2.24, 2.45) is 0 Å². The summed E-state index contributed by atoms with van der Waals surface area (Å²) in [5, 5.41) is 0. The van der Waals surface area contributed by atoms with Gasteiger partial charge < -0.3 is 0 Å². The molecule has 0 amide bonds. The fourth-order valence-corrected chi connectivity index (χ4v) is 7.24. The van der Waals surface area contributed by atoms with Crippen molar-refractivity contribution >= 4 is 47.8 Å². The van der Waals surface area contributed by atoms with Crippen LogP contribution in [0.5, 0.6) is 0 Å². The normalized spacial score (nSPS) is 12.1. The van der Waals surface area contributed by atoms with Crippen LogP contribution >= 0.6 is 22.7 Å². The summed E-state index contributed by atoms with van der Waals surface area (Å²) in [5.74, 6) is 6.67. The average molecular weight is 335 g/mol. The molecule has 106 valence electrons. The molecule has 0 unspecified atom stereocenters. The van der Waals surface area contributed by atoms with Gasteiger partial charge in [-0.05, 0) is 33.0 Å². The quantitative estimate of drug-likeness (QED) is 0.567. The third kappa shape index (κ3) is 3.95. The molecule has 2 heterocycles. The molecule has 2 aromatic rings. The maximum absolute atomic E-state index is 3.33. The van der Waals surface area contributed by atoms with Gasteiger partial charge in [0.1, 0.15) is 0 Å². The van der Waals surface area contributed by atoms with Crippen LogP contribution < -0.4 is 9.00 Å². The van der Waals surface area contributed by atoms with Gasteiger partial charge in [0, 0.05) is 0 Å². The number of hydrogen-bond acceptors (Lipinski definition) is 2. The Hall–Kier alpha value is -0.606. The molecule has 0 saturated heterocycles. The molecule has 0 saturated carbocycles. The fourth-order valence-electron chi connectivity index (χ4n) is 1.74. The van der Waals surface area contributed by atoms with Crippen LogP contribution in [-0.2, 0) is 0 Å². The van der Waals surface area contributed by atoms with E-state index in [-0.39, 0.29) is 0 Å². The molecule has 0 aliphatic rings. The lowest BCUT2D eigenvalue weighted by molar-refractivity contribution is 1.78. The van der Waals surface area contributed by atoms with Crippen LogP contribution in [0.1, 0.15) is 9.75 Å². The monoisotopic (exact) mass is 334 g/mol. The first-order chi connectivity index (χ1) is 9.16. The molecule has 0 spiro atoms. The predicted octanol–water partition coefficient (Wildman–Crippen LogP) is 4.30. The molecular formula is C16H22S2Si2. The Labute approximate surface area is 132 Å². The number of rotatable bonds is 2. The second-order valence-corrected chi connectivity index (χ2v) is 20.0.